The predicted octanol–water partition coefficient (Wildman–Crippen LogP) is 3.89. The second-order valence-corrected chi connectivity index (χ2v) is 6.66. The maximum Gasteiger partial charge on any atom is 0.128 e. The van der Waals surface area contributed by atoms with Crippen LogP contribution in [-0.2, 0) is 0 Å². The van der Waals surface area contributed by atoms with Crippen molar-refractivity contribution in [2.24, 2.45) is 5.41 Å². The Morgan fingerprint density at radius 2 is 1.85 bits per heavy atom. The molecular formula is C15H23Cl2FN2. The van der Waals surface area contributed by atoms with Crippen LogP contribution in [0.3, 0.4) is 0 Å². The third-order valence-electron chi connectivity index (χ3n) is 3.59. The zero-order valence-electron chi connectivity index (χ0n) is 12.2. The van der Waals surface area contributed by atoms with Gasteiger partial charge in [0, 0.05) is 42.8 Å². The first kappa shape index (κ1) is 17.7. The number of rotatable bonds is 2. The van der Waals surface area contributed by atoms with Gasteiger partial charge in [-0.1, -0.05) is 32.4 Å². The van der Waals surface area contributed by atoms with Crippen molar-refractivity contribution in [2.45, 2.75) is 26.8 Å². The van der Waals surface area contributed by atoms with Gasteiger partial charge in [0.05, 0.1) is 0 Å². The second kappa shape index (κ2) is 7.08. The molecule has 1 aliphatic heterocycles. The third-order valence-corrected chi connectivity index (χ3v) is 3.82. The molecule has 0 spiro atoms. The van der Waals surface area contributed by atoms with E-state index in [4.69, 9.17) is 11.6 Å². The van der Waals surface area contributed by atoms with Gasteiger partial charge < -0.3 is 5.32 Å². The van der Waals surface area contributed by atoms with Crippen LogP contribution in [0.2, 0.25) is 5.02 Å². The first-order valence-corrected chi connectivity index (χ1v) is 7.17. The summed E-state index contributed by atoms with van der Waals surface area (Å²) in [4.78, 5) is 2.35. The van der Waals surface area contributed by atoms with Crippen molar-refractivity contribution < 1.29 is 4.39 Å². The lowest BCUT2D eigenvalue weighted by atomic mass is 9.80. The summed E-state index contributed by atoms with van der Waals surface area (Å²) < 4.78 is 14.2. The summed E-state index contributed by atoms with van der Waals surface area (Å²) in [5, 5.41) is 3.93. The number of hydrogen-bond donors (Lipinski definition) is 1. The molecule has 0 unspecified atom stereocenters. The minimum Gasteiger partial charge on any atom is -0.314 e. The van der Waals surface area contributed by atoms with Gasteiger partial charge in [0.15, 0.2) is 0 Å². The molecule has 1 N–H and O–H groups in total. The molecule has 1 saturated heterocycles. The highest BCUT2D eigenvalue weighted by Gasteiger charge is 2.34. The standard InChI is InChI=1S/C15H22ClFN2.ClH/c1-15(2,3)14(19-8-6-18-7-9-19)12-10-11(16)4-5-13(12)17;/h4-5,10,14,18H,6-9H2,1-3H3;1H/t14-;/m1./s1. The molecule has 1 atom stereocenters. The molecule has 1 aliphatic rings. The molecule has 1 heterocycles. The topological polar surface area (TPSA) is 15.3 Å². The quantitative estimate of drug-likeness (QED) is 0.889. The van der Waals surface area contributed by atoms with E-state index in [0.717, 1.165) is 26.2 Å². The molecule has 2 rings (SSSR count). The molecular weight excluding hydrogens is 298 g/mol. The molecule has 5 heteroatoms. The van der Waals surface area contributed by atoms with Crippen molar-refractivity contribution in [1.82, 2.24) is 10.2 Å². The lowest BCUT2D eigenvalue weighted by Gasteiger charge is -2.42. The zero-order chi connectivity index (χ0) is 14.0. The summed E-state index contributed by atoms with van der Waals surface area (Å²) in [5.41, 5.74) is 0.671. The van der Waals surface area contributed by atoms with Gasteiger partial charge in [0.1, 0.15) is 5.82 Å². The van der Waals surface area contributed by atoms with Crippen molar-refractivity contribution >= 4 is 24.0 Å². The molecule has 1 aromatic carbocycles. The minimum absolute atomic E-state index is 0. The van der Waals surface area contributed by atoms with E-state index in [1.54, 1.807) is 12.1 Å². The number of nitrogens with one attached hydrogen (secondary N) is 1. The van der Waals surface area contributed by atoms with E-state index in [-0.39, 0.29) is 29.7 Å². The van der Waals surface area contributed by atoms with Crippen LogP contribution in [0.15, 0.2) is 18.2 Å². The summed E-state index contributed by atoms with van der Waals surface area (Å²) in [6, 6.07) is 4.90. The van der Waals surface area contributed by atoms with E-state index in [2.05, 4.69) is 31.0 Å². The molecule has 20 heavy (non-hydrogen) atoms. The largest absolute Gasteiger partial charge is 0.314 e. The van der Waals surface area contributed by atoms with E-state index < -0.39 is 0 Å². The highest BCUT2D eigenvalue weighted by atomic mass is 35.5. The monoisotopic (exact) mass is 320 g/mol. The molecule has 1 fully saturated rings. The van der Waals surface area contributed by atoms with Gasteiger partial charge in [-0.3, -0.25) is 4.90 Å². The summed E-state index contributed by atoms with van der Waals surface area (Å²) >= 11 is 6.05. The van der Waals surface area contributed by atoms with Crippen LogP contribution in [0.25, 0.3) is 0 Å². The van der Waals surface area contributed by atoms with E-state index in [1.165, 1.54) is 6.07 Å². The highest BCUT2D eigenvalue weighted by Crippen LogP contribution is 2.39. The average Bonchev–Trinajstić information content (AvgIpc) is 2.33. The van der Waals surface area contributed by atoms with E-state index in [1.807, 2.05) is 0 Å². The van der Waals surface area contributed by atoms with Gasteiger partial charge in [-0.25, -0.2) is 4.39 Å². The Bertz CT molecular complexity index is 440. The summed E-state index contributed by atoms with van der Waals surface area (Å²) in [6.07, 6.45) is 0. The molecule has 0 saturated carbocycles. The normalized spacial score (nSPS) is 18.4. The van der Waals surface area contributed by atoms with Crippen LogP contribution in [0.5, 0.6) is 0 Å². The lowest BCUT2D eigenvalue weighted by molar-refractivity contribution is 0.0834. The van der Waals surface area contributed by atoms with Gasteiger partial charge in [0.25, 0.3) is 0 Å². The second-order valence-electron chi connectivity index (χ2n) is 6.22. The Morgan fingerprint density at radius 1 is 1.25 bits per heavy atom. The maximum atomic E-state index is 14.2. The molecule has 0 aromatic heterocycles. The Hall–Kier alpha value is -0.350. The Kier molecular flexibility index (Phi) is 6.26. The molecule has 2 nitrogen and oxygen atoms in total. The Labute approximate surface area is 132 Å². The third kappa shape index (κ3) is 4.08. The fourth-order valence-electron chi connectivity index (χ4n) is 2.88. The molecule has 0 amide bonds. The van der Waals surface area contributed by atoms with Gasteiger partial charge in [0.2, 0.25) is 0 Å². The molecule has 0 radical (unpaired) electrons. The summed E-state index contributed by atoms with van der Waals surface area (Å²) in [5.74, 6) is -0.164. The van der Waals surface area contributed by atoms with E-state index in [0.29, 0.717) is 10.6 Å². The van der Waals surface area contributed by atoms with Crippen molar-refractivity contribution in [1.29, 1.82) is 0 Å². The lowest BCUT2D eigenvalue weighted by Crippen LogP contribution is -2.48. The number of halogens is 3. The minimum atomic E-state index is -0.164. The van der Waals surface area contributed by atoms with Crippen molar-refractivity contribution in [3.05, 3.63) is 34.6 Å². The van der Waals surface area contributed by atoms with Crippen molar-refractivity contribution in [3.63, 3.8) is 0 Å². The van der Waals surface area contributed by atoms with Gasteiger partial charge in [-0.2, -0.15) is 0 Å². The highest BCUT2D eigenvalue weighted by molar-refractivity contribution is 6.30. The summed E-state index contributed by atoms with van der Waals surface area (Å²) in [6.45, 7) is 10.2. The first-order chi connectivity index (χ1) is 8.89. The first-order valence-electron chi connectivity index (χ1n) is 6.79. The fourth-order valence-corrected chi connectivity index (χ4v) is 3.06. The molecule has 0 aliphatic carbocycles. The van der Waals surface area contributed by atoms with Crippen LogP contribution in [-0.4, -0.2) is 31.1 Å². The average molecular weight is 321 g/mol. The van der Waals surface area contributed by atoms with Gasteiger partial charge in [-0.05, 0) is 23.6 Å². The van der Waals surface area contributed by atoms with Crippen LogP contribution in [0, 0.1) is 11.2 Å². The van der Waals surface area contributed by atoms with E-state index in [9.17, 15) is 4.39 Å². The zero-order valence-corrected chi connectivity index (χ0v) is 13.8. The van der Waals surface area contributed by atoms with Crippen molar-refractivity contribution in [3.8, 4) is 0 Å². The smallest absolute Gasteiger partial charge is 0.128 e. The SMILES string of the molecule is CC(C)(C)[C@@H](c1cc(Cl)ccc1F)N1CCNCC1.Cl. The molecule has 0 bridgehead atoms. The van der Waals surface area contributed by atoms with Gasteiger partial charge >= 0.3 is 0 Å². The Morgan fingerprint density at radius 3 is 2.40 bits per heavy atom. The van der Waals surface area contributed by atoms with Crippen LogP contribution < -0.4 is 5.32 Å². The predicted molar refractivity (Wildman–Crippen MR) is 85.3 cm³/mol. The summed E-state index contributed by atoms with van der Waals surface area (Å²) in [7, 11) is 0. The Balaban J connectivity index is 0.00000200. The van der Waals surface area contributed by atoms with E-state index >= 15 is 0 Å². The maximum absolute atomic E-state index is 14.2. The fraction of sp³-hybridized carbons (Fsp3) is 0.600. The van der Waals surface area contributed by atoms with Crippen molar-refractivity contribution in [2.75, 3.05) is 26.2 Å². The van der Waals surface area contributed by atoms with Crippen LogP contribution >= 0.6 is 24.0 Å². The number of piperazine rings is 1. The number of nitrogens with zero attached hydrogens (tertiary/aromatic N) is 1. The molecule has 114 valence electrons. The number of benzene rings is 1. The number of hydrogen-bond acceptors (Lipinski definition) is 2. The van der Waals surface area contributed by atoms with Crippen LogP contribution in [0.4, 0.5) is 4.39 Å². The molecule has 1 aromatic rings. The van der Waals surface area contributed by atoms with Gasteiger partial charge in [-0.15, -0.1) is 12.4 Å². The van der Waals surface area contributed by atoms with Crippen LogP contribution in [0.1, 0.15) is 32.4 Å².